The predicted octanol–water partition coefficient (Wildman–Crippen LogP) is 4.78. The average molecular weight is 314 g/mol. The first-order valence-corrected chi connectivity index (χ1v) is 7.37. The standard InChI is InChI=1S/C18H16ClNO2/c1-12-9-18(22-11-13-5-3-4-6-16(13)19)15-10-14(21-2)7-8-17(15)20-12/h3-10H,11H2,1-2H3. The van der Waals surface area contributed by atoms with Gasteiger partial charge in [-0.05, 0) is 31.2 Å². The molecule has 4 heteroatoms. The van der Waals surface area contributed by atoms with Crippen LogP contribution in [-0.2, 0) is 6.61 Å². The van der Waals surface area contributed by atoms with Gasteiger partial charge in [-0.3, -0.25) is 4.98 Å². The van der Waals surface area contributed by atoms with Crippen molar-refractivity contribution in [3.05, 3.63) is 64.8 Å². The van der Waals surface area contributed by atoms with Crippen LogP contribution in [0.3, 0.4) is 0 Å². The molecule has 0 aliphatic carbocycles. The third-order valence-electron chi connectivity index (χ3n) is 3.45. The molecule has 2 aromatic carbocycles. The molecule has 0 atom stereocenters. The van der Waals surface area contributed by atoms with Crippen LogP contribution in [0.2, 0.25) is 5.02 Å². The van der Waals surface area contributed by atoms with E-state index in [0.717, 1.165) is 33.7 Å². The molecule has 0 unspecified atom stereocenters. The molecule has 0 bridgehead atoms. The molecule has 22 heavy (non-hydrogen) atoms. The Balaban J connectivity index is 1.97. The second kappa shape index (κ2) is 6.24. The number of rotatable bonds is 4. The molecule has 3 rings (SSSR count). The van der Waals surface area contributed by atoms with Crippen molar-refractivity contribution in [3.8, 4) is 11.5 Å². The lowest BCUT2D eigenvalue weighted by molar-refractivity contribution is 0.309. The van der Waals surface area contributed by atoms with Gasteiger partial charge < -0.3 is 9.47 Å². The molecule has 0 aliphatic heterocycles. The first-order chi connectivity index (χ1) is 10.7. The first-order valence-electron chi connectivity index (χ1n) is 6.99. The molecular weight excluding hydrogens is 298 g/mol. The summed E-state index contributed by atoms with van der Waals surface area (Å²) >= 11 is 6.18. The maximum atomic E-state index is 6.18. The molecule has 0 N–H and O–H groups in total. The van der Waals surface area contributed by atoms with E-state index in [1.54, 1.807) is 7.11 Å². The number of fused-ring (bicyclic) bond motifs is 1. The number of halogens is 1. The molecule has 0 fully saturated rings. The van der Waals surface area contributed by atoms with Gasteiger partial charge in [0.1, 0.15) is 18.1 Å². The molecule has 1 heterocycles. The number of methoxy groups -OCH3 is 1. The van der Waals surface area contributed by atoms with E-state index in [9.17, 15) is 0 Å². The number of ether oxygens (including phenoxy) is 2. The topological polar surface area (TPSA) is 31.4 Å². The van der Waals surface area contributed by atoms with Crippen LogP contribution in [0.4, 0.5) is 0 Å². The van der Waals surface area contributed by atoms with Crippen molar-refractivity contribution in [1.82, 2.24) is 4.98 Å². The highest BCUT2D eigenvalue weighted by Crippen LogP contribution is 2.30. The van der Waals surface area contributed by atoms with Crippen LogP contribution >= 0.6 is 11.6 Å². The Kier molecular flexibility index (Phi) is 4.16. The van der Waals surface area contributed by atoms with Gasteiger partial charge >= 0.3 is 0 Å². The quantitative estimate of drug-likeness (QED) is 0.694. The highest BCUT2D eigenvalue weighted by atomic mass is 35.5. The van der Waals surface area contributed by atoms with Crippen LogP contribution in [0.1, 0.15) is 11.3 Å². The Morgan fingerprint density at radius 3 is 2.68 bits per heavy atom. The summed E-state index contributed by atoms with van der Waals surface area (Å²) in [7, 11) is 1.65. The van der Waals surface area contributed by atoms with Crippen molar-refractivity contribution in [1.29, 1.82) is 0 Å². The minimum absolute atomic E-state index is 0.412. The van der Waals surface area contributed by atoms with E-state index in [4.69, 9.17) is 21.1 Å². The van der Waals surface area contributed by atoms with E-state index in [-0.39, 0.29) is 0 Å². The third kappa shape index (κ3) is 3.00. The van der Waals surface area contributed by atoms with E-state index < -0.39 is 0 Å². The van der Waals surface area contributed by atoms with E-state index in [0.29, 0.717) is 11.6 Å². The Morgan fingerprint density at radius 1 is 1.09 bits per heavy atom. The van der Waals surface area contributed by atoms with Crippen LogP contribution in [0.5, 0.6) is 11.5 Å². The molecule has 3 aromatic rings. The minimum atomic E-state index is 0.412. The average Bonchev–Trinajstić information content (AvgIpc) is 2.53. The number of aryl methyl sites for hydroxylation is 1. The molecule has 0 aliphatic rings. The molecule has 112 valence electrons. The largest absolute Gasteiger partial charge is 0.497 e. The molecule has 0 radical (unpaired) electrons. The fourth-order valence-corrected chi connectivity index (χ4v) is 2.51. The van der Waals surface area contributed by atoms with Gasteiger partial charge in [-0.25, -0.2) is 0 Å². The molecule has 0 saturated heterocycles. The van der Waals surface area contributed by atoms with E-state index in [1.807, 2.05) is 55.5 Å². The van der Waals surface area contributed by atoms with Crippen LogP contribution < -0.4 is 9.47 Å². The SMILES string of the molecule is COc1ccc2nc(C)cc(OCc3ccccc3Cl)c2c1. The highest BCUT2D eigenvalue weighted by Gasteiger charge is 2.08. The van der Waals surface area contributed by atoms with Gasteiger partial charge in [-0.2, -0.15) is 0 Å². The molecule has 1 aromatic heterocycles. The maximum absolute atomic E-state index is 6.18. The van der Waals surface area contributed by atoms with Gasteiger partial charge in [-0.1, -0.05) is 29.8 Å². The molecule has 0 amide bonds. The molecule has 0 saturated carbocycles. The number of nitrogens with zero attached hydrogens (tertiary/aromatic N) is 1. The van der Waals surface area contributed by atoms with Crippen LogP contribution in [0.15, 0.2) is 48.5 Å². The van der Waals surface area contributed by atoms with Crippen molar-refractivity contribution >= 4 is 22.5 Å². The zero-order valence-electron chi connectivity index (χ0n) is 12.5. The molecule has 0 spiro atoms. The fourth-order valence-electron chi connectivity index (χ4n) is 2.32. The number of benzene rings is 2. The Labute approximate surface area is 134 Å². The summed E-state index contributed by atoms with van der Waals surface area (Å²) in [6.45, 7) is 2.36. The second-order valence-corrected chi connectivity index (χ2v) is 5.43. The summed E-state index contributed by atoms with van der Waals surface area (Å²) in [5.74, 6) is 1.56. The van der Waals surface area contributed by atoms with Crippen LogP contribution in [-0.4, -0.2) is 12.1 Å². The summed E-state index contributed by atoms with van der Waals surface area (Å²) in [6, 6.07) is 15.4. The maximum Gasteiger partial charge on any atom is 0.131 e. The van der Waals surface area contributed by atoms with Crippen LogP contribution in [0, 0.1) is 6.92 Å². The second-order valence-electron chi connectivity index (χ2n) is 5.02. The zero-order chi connectivity index (χ0) is 15.5. The van der Waals surface area contributed by atoms with Crippen molar-refractivity contribution in [2.45, 2.75) is 13.5 Å². The van der Waals surface area contributed by atoms with Gasteiger partial charge in [0.25, 0.3) is 0 Å². The summed E-state index contributed by atoms with van der Waals surface area (Å²) in [5.41, 5.74) is 2.75. The van der Waals surface area contributed by atoms with Crippen molar-refractivity contribution in [3.63, 3.8) is 0 Å². The number of aromatic nitrogens is 1. The van der Waals surface area contributed by atoms with Gasteiger partial charge in [0.2, 0.25) is 0 Å². The fraction of sp³-hybridized carbons (Fsp3) is 0.167. The van der Waals surface area contributed by atoms with E-state index in [2.05, 4.69) is 4.98 Å². The third-order valence-corrected chi connectivity index (χ3v) is 3.82. The number of hydrogen-bond donors (Lipinski definition) is 0. The Morgan fingerprint density at radius 2 is 1.91 bits per heavy atom. The zero-order valence-corrected chi connectivity index (χ0v) is 13.2. The summed E-state index contributed by atoms with van der Waals surface area (Å²) in [5, 5.41) is 1.63. The van der Waals surface area contributed by atoms with Crippen molar-refractivity contribution < 1.29 is 9.47 Å². The summed E-state index contributed by atoms with van der Waals surface area (Å²) < 4.78 is 11.3. The molecule has 3 nitrogen and oxygen atoms in total. The Bertz CT molecular complexity index is 817. The van der Waals surface area contributed by atoms with Gasteiger partial charge in [0.05, 0.1) is 12.6 Å². The lowest BCUT2D eigenvalue weighted by Gasteiger charge is -2.12. The van der Waals surface area contributed by atoms with Crippen molar-refractivity contribution in [2.75, 3.05) is 7.11 Å². The minimum Gasteiger partial charge on any atom is -0.497 e. The smallest absolute Gasteiger partial charge is 0.131 e. The normalized spacial score (nSPS) is 10.7. The lowest BCUT2D eigenvalue weighted by Crippen LogP contribution is -1.98. The Hall–Kier alpha value is -2.26. The molecular formula is C18H16ClNO2. The first kappa shape index (κ1) is 14.7. The summed E-state index contributed by atoms with van der Waals surface area (Å²) in [4.78, 5) is 4.52. The van der Waals surface area contributed by atoms with E-state index >= 15 is 0 Å². The van der Waals surface area contributed by atoms with Crippen LogP contribution in [0.25, 0.3) is 10.9 Å². The monoisotopic (exact) mass is 313 g/mol. The van der Waals surface area contributed by atoms with Gasteiger partial charge in [0.15, 0.2) is 0 Å². The van der Waals surface area contributed by atoms with Gasteiger partial charge in [0, 0.05) is 27.7 Å². The predicted molar refractivity (Wildman–Crippen MR) is 88.8 cm³/mol. The lowest BCUT2D eigenvalue weighted by atomic mass is 10.1. The number of hydrogen-bond acceptors (Lipinski definition) is 3. The highest BCUT2D eigenvalue weighted by molar-refractivity contribution is 6.31. The van der Waals surface area contributed by atoms with Gasteiger partial charge in [-0.15, -0.1) is 0 Å². The van der Waals surface area contributed by atoms with Crippen molar-refractivity contribution in [2.24, 2.45) is 0 Å². The van der Waals surface area contributed by atoms with E-state index in [1.165, 1.54) is 0 Å². The summed E-state index contributed by atoms with van der Waals surface area (Å²) in [6.07, 6.45) is 0. The number of pyridine rings is 1.